The van der Waals surface area contributed by atoms with Gasteiger partial charge in [0.25, 0.3) is 10.0 Å². The van der Waals surface area contributed by atoms with Crippen LogP contribution >= 0.6 is 0 Å². The van der Waals surface area contributed by atoms with Gasteiger partial charge in [0.2, 0.25) is 5.78 Å². The normalized spacial score (nSPS) is 16.3. The van der Waals surface area contributed by atoms with Gasteiger partial charge in [0.1, 0.15) is 5.69 Å². The third-order valence-electron chi connectivity index (χ3n) is 4.17. The van der Waals surface area contributed by atoms with Crippen LogP contribution in [0, 0.1) is 6.92 Å². The molecule has 0 spiro atoms. The molecule has 0 N–H and O–H groups in total. The molecule has 0 aliphatic carbocycles. The van der Waals surface area contributed by atoms with Crippen LogP contribution in [0.3, 0.4) is 0 Å². The molecular formula is C19H21N3O3S. The van der Waals surface area contributed by atoms with Crippen molar-refractivity contribution in [1.29, 1.82) is 0 Å². The molecule has 1 aromatic heterocycles. The summed E-state index contributed by atoms with van der Waals surface area (Å²) in [5.74, 6) is -0.240. The molecule has 0 saturated carbocycles. The Bertz CT molecular complexity index is 964. The Morgan fingerprint density at radius 1 is 1.15 bits per heavy atom. The van der Waals surface area contributed by atoms with E-state index in [0.29, 0.717) is 17.7 Å². The molecule has 7 heteroatoms. The van der Waals surface area contributed by atoms with Crippen LogP contribution in [0.5, 0.6) is 0 Å². The van der Waals surface area contributed by atoms with Crippen molar-refractivity contribution < 1.29 is 13.2 Å². The molecule has 136 valence electrons. The van der Waals surface area contributed by atoms with Crippen LogP contribution in [0.4, 0.5) is 5.69 Å². The molecule has 26 heavy (non-hydrogen) atoms. The predicted octanol–water partition coefficient (Wildman–Crippen LogP) is 2.62. The summed E-state index contributed by atoms with van der Waals surface area (Å²) < 4.78 is 27.7. The number of hydrogen-bond acceptors (Lipinski definition) is 5. The Kier molecular flexibility index (Phi) is 4.82. The van der Waals surface area contributed by atoms with Crippen molar-refractivity contribution in [1.82, 2.24) is 9.88 Å². The lowest BCUT2D eigenvalue weighted by Gasteiger charge is -2.23. The molecule has 2 aromatic rings. The number of pyridine rings is 1. The molecule has 1 aromatic carbocycles. The summed E-state index contributed by atoms with van der Waals surface area (Å²) in [6, 6.07) is 9.97. The second-order valence-electron chi connectivity index (χ2n) is 6.46. The molecule has 0 bridgehead atoms. The van der Waals surface area contributed by atoms with Crippen molar-refractivity contribution in [3.8, 4) is 0 Å². The quantitative estimate of drug-likeness (QED) is 0.776. The maximum Gasteiger partial charge on any atom is 0.264 e. The SMILES string of the molecule is Cc1ccc(S(=O)(=O)N2CC/C(=C\N(C)C)C(=O)c3ncccc32)cc1. The van der Waals surface area contributed by atoms with E-state index in [4.69, 9.17) is 0 Å². The smallest absolute Gasteiger partial charge is 0.264 e. The van der Waals surface area contributed by atoms with Crippen molar-refractivity contribution in [3.05, 3.63) is 65.6 Å². The molecular weight excluding hydrogens is 350 g/mol. The van der Waals surface area contributed by atoms with E-state index in [1.165, 1.54) is 10.5 Å². The highest BCUT2D eigenvalue weighted by Crippen LogP contribution is 2.31. The summed E-state index contributed by atoms with van der Waals surface area (Å²) in [6.07, 6.45) is 3.55. The van der Waals surface area contributed by atoms with Crippen LogP contribution in [0.25, 0.3) is 0 Å². The maximum absolute atomic E-state index is 13.2. The molecule has 0 amide bonds. The van der Waals surface area contributed by atoms with E-state index in [1.807, 2.05) is 21.0 Å². The lowest BCUT2D eigenvalue weighted by Crippen LogP contribution is -2.32. The molecule has 1 aliphatic rings. The largest absolute Gasteiger partial charge is 0.383 e. The van der Waals surface area contributed by atoms with Crippen LogP contribution < -0.4 is 4.31 Å². The van der Waals surface area contributed by atoms with Gasteiger partial charge in [-0.25, -0.2) is 8.42 Å². The number of ketones is 1. The second-order valence-corrected chi connectivity index (χ2v) is 8.32. The maximum atomic E-state index is 13.2. The Morgan fingerprint density at radius 2 is 1.85 bits per heavy atom. The van der Waals surface area contributed by atoms with Crippen molar-refractivity contribution in [2.45, 2.75) is 18.2 Å². The van der Waals surface area contributed by atoms with Gasteiger partial charge in [-0.05, 0) is 37.6 Å². The number of anilines is 1. The fraction of sp³-hybridized carbons (Fsp3) is 0.263. The fourth-order valence-electron chi connectivity index (χ4n) is 2.90. The molecule has 0 unspecified atom stereocenters. The number of nitrogens with zero attached hydrogens (tertiary/aromatic N) is 3. The highest BCUT2D eigenvalue weighted by molar-refractivity contribution is 7.92. The molecule has 3 rings (SSSR count). The van der Waals surface area contributed by atoms with Crippen molar-refractivity contribution in [2.75, 3.05) is 24.9 Å². The number of hydrogen-bond donors (Lipinski definition) is 0. The molecule has 2 heterocycles. The van der Waals surface area contributed by atoms with Gasteiger partial charge in [-0.3, -0.25) is 14.1 Å². The highest BCUT2D eigenvalue weighted by Gasteiger charge is 2.33. The van der Waals surface area contributed by atoms with Gasteiger partial charge in [0, 0.05) is 38.6 Å². The lowest BCUT2D eigenvalue weighted by molar-refractivity contribution is 0.102. The standard InChI is InChI=1S/C19H21N3O3S/c1-14-6-8-16(9-7-14)26(24,25)22-12-10-15(13-21(2)3)19(23)18-17(22)5-4-11-20-18/h4-9,11,13H,10,12H2,1-3H3/b15-13+. The molecule has 0 radical (unpaired) electrons. The van der Waals surface area contributed by atoms with E-state index in [0.717, 1.165) is 5.56 Å². The first-order valence-electron chi connectivity index (χ1n) is 8.27. The number of Topliss-reactive ketones (excluding diaryl/α,β-unsaturated/α-hetero) is 1. The van der Waals surface area contributed by atoms with Crippen LogP contribution in [0.2, 0.25) is 0 Å². The van der Waals surface area contributed by atoms with Crippen molar-refractivity contribution in [2.24, 2.45) is 0 Å². The third kappa shape index (κ3) is 3.35. The number of fused-ring (bicyclic) bond motifs is 1. The number of rotatable bonds is 3. The monoisotopic (exact) mass is 371 g/mol. The molecule has 0 fully saturated rings. The van der Waals surface area contributed by atoms with E-state index in [2.05, 4.69) is 4.98 Å². The average molecular weight is 371 g/mol. The van der Waals surface area contributed by atoms with Gasteiger partial charge in [0.05, 0.1) is 10.6 Å². The zero-order valence-corrected chi connectivity index (χ0v) is 15.8. The summed E-state index contributed by atoms with van der Waals surface area (Å²) in [7, 11) is -0.141. The minimum absolute atomic E-state index is 0.161. The topological polar surface area (TPSA) is 70.6 Å². The summed E-state index contributed by atoms with van der Waals surface area (Å²) in [5.41, 5.74) is 2.00. The first kappa shape index (κ1) is 18.1. The van der Waals surface area contributed by atoms with Crippen LogP contribution in [0.15, 0.2) is 59.3 Å². The van der Waals surface area contributed by atoms with Gasteiger partial charge in [-0.15, -0.1) is 0 Å². The van der Waals surface area contributed by atoms with Crippen LogP contribution in [-0.4, -0.2) is 44.7 Å². The zero-order chi connectivity index (χ0) is 18.9. The zero-order valence-electron chi connectivity index (χ0n) is 15.0. The van der Waals surface area contributed by atoms with Crippen molar-refractivity contribution in [3.63, 3.8) is 0 Å². The van der Waals surface area contributed by atoms with Gasteiger partial charge in [0.15, 0.2) is 0 Å². The molecule has 0 atom stereocenters. The van der Waals surface area contributed by atoms with Gasteiger partial charge in [-0.1, -0.05) is 17.7 Å². The Morgan fingerprint density at radius 3 is 2.50 bits per heavy atom. The minimum Gasteiger partial charge on any atom is -0.383 e. The van der Waals surface area contributed by atoms with E-state index >= 15 is 0 Å². The fourth-order valence-corrected chi connectivity index (χ4v) is 4.38. The summed E-state index contributed by atoms with van der Waals surface area (Å²) in [4.78, 5) is 19.0. The number of aromatic nitrogens is 1. The lowest BCUT2D eigenvalue weighted by atomic mass is 10.1. The van der Waals surface area contributed by atoms with Crippen LogP contribution in [0.1, 0.15) is 22.5 Å². The first-order chi connectivity index (χ1) is 12.3. The van der Waals surface area contributed by atoms with Crippen LogP contribution in [-0.2, 0) is 10.0 Å². The van der Waals surface area contributed by atoms with Gasteiger partial charge < -0.3 is 4.90 Å². The minimum atomic E-state index is -3.79. The number of carbonyl (C=O) groups is 1. The summed E-state index contributed by atoms with van der Waals surface area (Å²) in [6.45, 7) is 2.08. The van der Waals surface area contributed by atoms with Crippen molar-refractivity contribution >= 4 is 21.5 Å². The Hall–Kier alpha value is -2.67. The molecule has 0 saturated heterocycles. The van der Waals surface area contributed by atoms with E-state index < -0.39 is 10.0 Å². The molecule has 6 nitrogen and oxygen atoms in total. The summed E-state index contributed by atoms with van der Waals surface area (Å²) in [5, 5.41) is 0. The third-order valence-corrected chi connectivity index (χ3v) is 6.00. The van der Waals surface area contributed by atoms with E-state index in [1.54, 1.807) is 47.5 Å². The van der Waals surface area contributed by atoms with Gasteiger partial charge in [-0.2, -0.15) is 0 Å². The second kappa shape index (κ2) is 6.92. The van der Waals surface area contributed by atoms with Gasteiger partial charge >= 0.3 is 0 Å². The van der Waals surface area contributed by atoms with E-state index in [9.17, 15) is 13.2 Å². The Balaban J connectivity index is 2.13. The Labute approximate surface area is 153 Å². The molecule has 1 aliphatic heterocycles. The number of aryl methyl sites for hydroxylation is 1. The summed E-state index contributed by atoms with van der Waals surface area (Å²) >= 11 is 0. The number of benzene rings is 1. The first-order valence-corrected chi connectivity index (χ1v) is 9.71. The van der Waals surface area contributed by atoms with E-state index in [-0.39, 0.29) is 22.9 Å². The predicted molar refractivity (Wildman–Crippen MR) is 101 cm³/mol. The number of carbonyl (C=O) groups excluding carboxylic acids is 1. The average Bonchev–Trinajstić information content (AvgIpc) is 2.73. The highest BCUT2D eigenvalue weighted by atomic mass is 32.2. The number of sulfonamides is 1.